The van der Waals surface area contributed by atoms with Crippen molar-refractivity contribution in [2.45, 2.75) is 65.3 Å². The van der Waals surface area contributed by atoms with Crippen LogP contribution in [0.25, 0.3) is 0 Å². The first kappa shape index (κ1) is 13.3. The monoisotopic (exact) mass is 224 g/mol. The van der Waals surface area contributed by atoms with E-state index in [0.29, 0.717) is 6.10 Å². The predicted octanol–water partition coefficient (Wildman–Crippen LogP) is 4.18. The van der Waals surface area contributed by atoms with Gasteiger partial charge in [-0.1, -0.05) is 31.4 Å². The molecule has 1 aliphatic carbocycles. The molecule has 0 N–H and O–H groups in total. The molecule has 1 atom stereocenters. The molecule has 0 aliphatic heterocycles. The second-order valence-electron chi connectivity index (χ2n) is 4.38. The lowest BCUT2D eigenvalue weighted by atomic mass is 9.98. The van der Waals surface area contributed by atoms with Crippen LogP contribution in [0.5, 0.6) is 0 Å². The van der Waals surface area contributed by atoms with Gasteiger partial charge in [0.2, 0.25) is 0 Å². The molecule has 0 amide bonds. The lowest BCUT2D eigenvalue weighted by Crippen LogP contribution is -2.23. The van der Waals surface area contributed by atoms with E-state index in [0.717, 1.165) is 5.76 Å². The summed E-state index contributed by atoms with van der Waals surface area (Å²) in [6.07, 6.45) is 12.5. The maximum Gasteiger partial charge on any atom is 0.196 e. The molecule has 0 aromatic carbocycles. The summed E-state index contributed by atoms with van der Waals surface area (Å²) < 4.78 is 11.5. The standard InChI is InChI=1S/C14H24O2/c1-4-5-9-12(2)15-13(3)16-14-10-7-6-8-11-14/h4-5,9,13-14H,6-8,10-11H2,1-3H3/b5-4-,12-9+. The third-order valence-electron chi connectivity index (χ3n) is 2.81. The van der Waals surface area contributed by atoms with Gasteiger partial charge in [0.15, 0.2) is 6.29 Å². The van der Waals surface area contributed by atoms with Gasteiger partial charge in [0.1, 0.15) is 0 Å². The molecule has 1 saturated carbocycles. The van der Waals surface area contributed by atoms with Gasteiger partial charge < -0.3 is 9.47 Å². The maximum atomic E-state index is 5.85. The minimum absolute atomic E-state index is 0.135. The van der Waals surface area contributed by atoms with Gasteiger partial charge in [-0.25, -0.2) is 0 Å². The Bertz CT molecular complexity index is 237. The molecule has 16 heavy (non-hydrogen) atoms. The summed E-state index contributed by atoms with van der Waals surface area (Å²) in [7, 11) is 0. The van der Waals surface area contributed by atoms with Crippen molar-refractivity contribution in [3.8, 4) is 0 Å². The van der Waals surface area contributed by atoms with Crippen LogP contribution in [0.4, 0.5) is 0 Å². The highest BCUT2D eigenvalue weighted by atomic mass is 16.7. The Kier molecular flexibility index (Phi) is 6.24. The second kappa shape index (κ2) is 7.50. The molecule has 1 fully saturated rings. The highest BCUT2D eigenvalue weighted by Crippen LogP contribution is 2.22. The Morgan fingerprint density at radius 3 is 2.56 bits per heavy atom. The van der Waals surface area contributed by atoms with Crippen LogP contribution in [0.2, 0.25) is 0 Å². The molecular weight excluding hydrogens is 200 g/mol. The Hall–Kier alpha value is -0.760. The van der Waals surface area contributed by atoms with Gasteiger partial charge in [-0.15, -0.1) is 0 Å². The van der Waals surface area contributed by atoms with Crippen molar-refractivity contribution in [3.05, 3.63) is 24.0 Å². The van der Waals surface area contributed by atoms with Crippen LogP contribution in [0.3, 0.4) is 0 Å². The summed E-state index contributed by atoms with van der Waals surface area (Å²) >= 11 is 0. The van der Waals surface area contributed by atoms with Crippen molar-refractivity contribution < 1.29 is 9.47 Å². The molecule has 0 heterocycles. The molecule has 1 unspecified atom stereocenters. The van der Waals surface area contributed by atoms with Gasteiger partial charge >= 0.3 is 0 Å². The fourth-order valence-corrected chi connectivity index (χ4v) is 2.03. The minimum atomic E-state index is -0.135. The van der Waals surface area contributed by atoms with Crippen molar-refractivity contribution in [3.63, 3.8) is 0 Å². The molecule has 1 rings (SSSR count). The molecule has 0 spiro atoms. The van der Waals surface area contributed by atoms with Gasteiger partial charge in [0, 0.05) is 0 Å². The number of hydrogen-bond donors (Lipinski definition) is 0. The molecule has 0 saturated heterocycles. The van der Waals surface area contributed by atoms with Crippen molar-refractivity contribution in [1.82, 2.24) is 0 Å². The van der Waals surface area contributed by atoms with E-state index in [2.05, 4.69) is 0 Å². The van der Waals surface area contributed by atoms with E-state index >= 15 is 0 Å². The average molecular weight is 224 g/mol. The zero-order chi connectivity index (χ0) is 11.8. The first-order valence-electron chi connectivity index (χ1n) is 6.34. The van der Waals surface area contributed by atoms with Crippen LogP contribution in [-0.4, -0.2) is 12.4 Å². The highest BCUT2D eigenvalue weighted by Gasteiger charge is 2.17. The summed E-state index contributed by atoms with van der Waals surface area (Å²) in [5.41, 5.74) is 0. The van der Waals surface area contributed by atoms with E-state index in [1.54, 1.807) is 0 Å². The summed E-state index contributed by atoms with van der Waals surface area (Å²) in [5.74, 6) is 0.904. The minimum Gasteiger partial charge on any atom is -0.470 e. The first-order valence-corrected chi connectivity index (χ1v) is 6.34. The molecule has 0 aromatic rings. The van der Waals surface area contributed by atoms with Gasteiger partial charge in [-0.2, -0.15) is 0 Å². The first-order chi connectivity index (χ1) is 7.72. The number of hydrogen-bond acceptors (Lipinski definition) is 2. The van der Waals surface area contributed by atoms with Gasteiger partial charge in [-0.05, 0) is 39.7 Å². The zero-order valence-electron chi connectivity index (χ0n) is 10.7. The van der Waals surface area contributed by atoms with Crippen LogP contribution in [0, 0.1) is 0 Å². The summed E-state index contributed by atoms with van der Waals surface area (Å²) in [6.45, 7) is 5.92. The number of rotatable bonds is 5. The molecule has 0 bridgehead atoms. The smallest absolute Gasteiger partial charge is 0.196 e. The Labute approximate surface area is 99.3 Å². The summed E-state index contributed by atoms with van der Waals surface area (Å²) in [5, 5.41) is 0. The molecule has 2 nitrogen and oxygen atoms in total. The number of allylic oxidation sites excluding steroid dienone is 4. The van der Waals surface area contributed by atoms with Crippen molar-refractivity contribution in [2.24, 2.45) is 0 Å². The average Bonchev–Trinajstić information content (AvgIpc) is 2.27. The fourth-order valence-electron chi connectivity index (χ4n) is 2.03. The predicted molar refractivity (Wildman–Crippen MR) is 67.1 cm³/mol. The third-order valence-corrected chi connectivity index (χ3v) is 2.81. The van der Waals surface area contributed by atoms with Gasteiger partial charge in [0.25, 0.3) is 0 Å². The zero-order valence-corrected chi connectivity index (χ0v) is 10.7. The van der Waals surface area contributed by atoms with E-state index in [-0.39, 0.29) is 6.29 Å². The van der Waals surface area contributed by atoms with E-state index < -0.39 is 0 Å². The highest BCUT2D eigenvalue weighted by molar-refractivity contribution is 5.04. The molecule has 0 radical (unpaired) electrons. The molecule has 2 heteroatoms. The molecular formula is C14H24O2. The lowest BCUT2D eigenvalue weighted by molar-refractivity contribution is -0.144. The SMILES string of the molecule is C/C=C\C=C(/C)OC(C)OC1CCCCC1. The normalized spacial score (nSPS) is 21.3. The lowest BCUT2D eigenvalue weighted by Gasteiger charge is -2.26. The van der Waals surface area contributed by atoms with Crippen LogP contribution in [0.1, 0.15) is 52.9 Å². The van der Waals surface area contributed by atoms with Crippen molar-refractivity contribution in [2.75, 3.05) is 0 Å². The van der Waals surface area contributed by atoms with E-state index in [1.807, 2.05) is 39.0 Å². The number of ether oxygens (including phenoxy) is 2. The Morgan fingerprint density at radius 2 is 1.94 bits per heavy atom. The van der Waals surface area contributed by atoms with Crippen LogP contribution in [-0.2, 0) is 9.47 Å². The van der Waals surface area contributed by atoms with Gasteiger partial charge in [-0.3, -0.25) is 0 Å². The fraction of sp³-hybridized carbons (Fsp3) is 0.714. The largest absolute Gasteiger partial charge is 0.470 e. The Morgan fingerprint density at radius 1 is 1.25 bits per heavy atom. The maximum absolute atomic E-state index is 5.85. The topological polar surface area (TPSA) is 18.5 Å². The van der Waals surface area contributed by atoms with Crippen LogP contribution in [0.15, 0.2) is 24.0 Å². The van der Waals surface area contributed by atoms with E-state index in [1.165, 1.54) is 32.1 Å². The molecule has 1 aliphatic rings. The Balaban J connectivity index is 2.26. The van der Waals surface area contributed by atoms with E-state index in [9.17, 15) is 0 Å². The second-order valence-corrected chi connectivity index (χ2v) is 4.38. The molecule has 92 valence electrons. The van der Waals surface area contributed by atoms with Crippen LogP contribution < -0.4 is 0 Å². The quantitative estimate of drug-likeness (QED) is 0.396. The van der Waals surface area contributed by atoms with Crippen molar-refractivity contribution >= 4 is 0 Å². The van der Waals surface area contributed by atoms with E-state index in [4.69, 9.17) is 9.47 Å². The summed E-state index contributed by atoms with van der Waals surface area (Å²) in [6, 6.07) is 0. The summed E-state index contributed by atoms with van der Waals surface area (Å²) in [4.78, 5) is 0. The van der Waals surface area contributed by atoms with Gasteiger partial charge in [0.05, 0.1) is 11.9 Å². The third kappa shape index (κ3) is 5.36. The van der Waals surface area contributed by atoms with Crippen LogP contribution >= 0.6 is 0 Å². The molecule has 0 aromatic heterocycles. The van der Waals surface area contributed by atoms with Crippen molar-refractivity contribution in [1.29, 1.82) is 0 Å².